The van der Waals surface area contributed by atoms with Gasteiger partial charge in [0, 0.05) is 6.21 Å². The van der Waals surface area contributed by atoms with Crippen molar-refractivity contribution in [2.24, 2.45) is 10.9 Å². The molecule has 0 spiro atoms. The first-order chi connectivity index (χ1) is 3.41. The van der Waals surface area contributed by atoms with Gasteiger partial charge in [-0.1, -0.05) is 13.3 Å². The van der Waals surface area contributed by atoms with E-state index in [-0.39, 0.29) is 0 Å². The van der Waals surface area contributed by atoms with Gasteiger partial charge in [-0.25, -0.2) is 0 Å². The molecule has 2 heteroatoms. The molecule has 0 fully saturated rings. The largest absolute Gasteiger partial charge is 0.324 e. The van der Waals surface area contributed by atoms with Gasteiger partial charge in [-0.15, -0.1) is 0 Å². The van der Waals surface area contributed by atoms with Crippen LogP contribution in [0.25, 0.3) is 0 Å². The highest BCUT2D eigenvalue weighted by Gasteiger charge is 1.74. The van der Waals surface area contributed by atoms with E-state index in [0.717, 1.165) is 6.42 Å². The van der Waals surface area contributed by atoms with E-state index in [4.69, 9.17) is 5.84 Å². The minimum atomic E-state index is 1.02. The molecule has 7 heavy (non-hydrogen) atoms. The Bertz CT molecular complexity index is 50.0. The van der Waals surface area contributed by atoms with Gasteiger partial charge < -0.3 is 5.84 Å². The maximum atomic E-state index is 4.84. The maximum Gasteiger partial charge on any atom is 0.0240 e. The molecule has 0 heterocycles. The fourth-order valence-electron chi connectivity index (χ4n) is 0.370. The van der Waals surface area contributed by atoms with Crippen LogP contribution < -0.4 is 5.84 Å². The van der Waals surface area contributed by atoms with Crippen LogP contribution in [0.4, 0.5) is 0 Å². The lowest BCUT2D eigenvalue weighted by molar-refractivity contribution is 0.840. The maximum absolute atomic E-state index is 4.84. The fourth-order valence-corrected chi connectivity index (χ4v) is 0.370. The summed E-state index contributed by atoms with van der Waals surface area (Å²) in [6.07, 6.45) is 5.17. The molecule has 2 nitrogen and oxygen atoms in total. The topological polar surface area (TPSA) is 38.4 Å². The third-order valence-corrected chi connectivity index (χ3v) is 0.792. The molecule has 0 saturated carbocycles. The van der Waals surface area contributed by atoms with Crippen molar-refractivity contribution in [3.8, 4) is 0 Å². The SMILES string of the molecule is CCCC/C=N\N. The van der Waals surface area contributed by atoms with E-state index >= 15 is 0 Å². The van der Waals surface area contributed by atoms with E-state index in [1.54, 1.807) is 6.21 Å². The van der Waals surface area contributed by atoms with Gasteiger partial charge in [-0.2, -0.15) is 5.10 Å². The molecule has 0 aromatic carbocycles. The van der Waals surface area contributed by atoms with Crippen LogP contribution in [0.3, 0.4) is 0 Å². The van der Waals surface area contributed by atoms with Crippen molar-refractivity contribution in [3.63, 3.8) is 0 Å². The second-order valence-corrected chi connectivity index (χ2v) is 1.47. The molecule has 2 N–H and O–H groups in total. The van der Waals surface area contributed by atoms with Crippen molar-refractivity contribution < 1.29 is 0 Å². The van der Waals surface area contributed by atoms with Gasteiger partial charge in [0.2, 0.25) is 0 Å². The van der Waals surface area contributed by atoms with Gasteiger partial charge in [-0.05, 0) is 12.8 Å². The smallest absolute Gasteiger partial charge is 0.0240 e. The van der Waals surface area contributed by atoms with Gasteiger partial charge in [0.15, 0.2) is 0 Å². The first kappa shape index (κ1) is 6.47. The molecule has 0 saturated heterocycles. The van der Waals surface area contributed by atoms with E-state index in [2.05, 4.69) is 12.0 Å². The monoisotopic (exact) mass is 100 g/mol. The predicted octanol–water partition coefficient (Wildman–Crippen LogP) is 1.12. The molecule has 0 bridgehead atoms. The Hall–Kier alpha value is -0.530. The Kier molecular flexibility index (Phi) is 5.06. The van der Waals surface area contributed by atoms with Crippen molar-refractivity contribution in [2.45, 2.75) is 26.2 Å². The fraction of sp³-hybridized carbons (Fsp3) is 0.800. The number of hydrazone groups is 1. The third kappa shape index (κ3) is 5.47. The molecule has 0 aliphatic rings. The first-order valence-electron chi connectivity index (χ1n) is 2.63. The third-order valence-electron chi connectivity index (χ3n) is 0.792. The molecule has 0 aromatic heterocycles. The van der Waals surface area contributed by atoms with E-state index in [9.17, 15) is 0 Å². The average molecular weight is 100 g/mol. The summed E-state index contributed by atoms with van der Waals surface area (Å²) < 4.78 is 0. The van der Waals surface area contributed by atoms with Crippen molar-refractivity contribution in [1.29, 1.82) is 0 Å². The van der Waals surface area contributed by atoms with E-state index in [1.165, 1.54) is 12.8 Å². The average Bonchev–Trinajstić information content (AvgIpc) is 1.69. The van der Waals surface area contributed by atoms with Crippen LogP contribution in [0, 0.1) is 0 Å². The highest BCUT2D eigenvalue weighted by molar-refractivity contribution is 5.56. The van der Waals surface area contributed by atoms with Crippen LogP contribution in [-0.2, 0) is 0 Å². The van der Waals surface area contributed by atoms with Gasteiger partial charge in [-0.3, -0.25) is 0 Å². The number of nitrogens with zero attached hydrogens (tertiary/aromatic N) is 1. The lowest BCUT2D eigenvalue weighted by Gasteiger charge is -1.82. The predicted molar refractivity (Wildman–Crippen MR) is 32.2 cm³/mol. The van der Waals surface area contributed by atoms with Crippen LogP contribution >= 0.6 is 0 Å². The Balaban J connectivity index is 2.69. The van der Waals surface area contributed by atoms with Crippen molar-refractivity contribution in [3.05, 3.63) is 0 Å². The minimum absolute atomic E-state index is 1.02. The summed E-state index contributed by atoms with van der Waals surface area (Å²) in [5.74, 6) is 4.84. The molecule has 0 amide bonds. The van der Waals surface area contributed by atoms with Crippen molar-refractivity contribution in [2.75, 3.05) is 0 Å². The quantitative estimate of drug-likeness (QED) is 0.245. The molecule has 0 rings (SSSR count). The first-order valence-corrected chi connectivity index (χ1v) is 2.63. The summed E-state index contributed by atoms with van der Waals surface area (Å²) in [6, 6.07) is 0. The standard InChI is InChI=1S/C5H12N2/c1-2-3-4-5-7-6/h5H,2-4,6H2,1H3/b7-5-. The minimum Gasteiger partial charge on any atom is -0.324 e. The van der Waals surface area contributed by atoms with E-state index in [0.29, 0.717) is 0 Å². The van der Waals surface area contributed by atoms with Gasteiger partial charge in [0.1, 0.15) is 0 Å². The van der Waals surface area contributed by atoms with Gasteiger partial charge in [0.05, 0.1) is 0 Å². The Labute approximate surface area is 44.4 Å². The summed E-state index contributed by atoms with van der Waals surface area (Å²) >= 11 is 0. The summed E-state index contributed by atoms with van der Waals surface area (Å²) in [5, 5.41) is 3.35. The molecule has 0 radical (unpaired) electrons. The van der Waals surface area contributed by atoms with Crippen molar-refractivity contribution in [1.82, 2.24) is 0 Å². The second-order valence-electron chi connectivity index (χ2n) is 1.47. The zero-order chi connectivity index (χ0) is 5.54. The molecule has 0 atom stereocenters. The second kappa shape index (κ2) is 5.47. The lowest BCUT2D eigenvalue weighted by Crippen LogP contribution is -1.81. The summed E-state index contributed by atoms with van der Waals surface area (Å²) in [5.41, 5.74) is 0. The zero-order valence-electron chi connectivity index (χ0n) is 4.72. The molecule has 0 aliphatic heterocycles. The van der Waals surface area contributed by atoms with Gasteiger partial charge >= 0.3 is 0 Å². The van der Waals surface area contributed by atoms with Crippen LogP contribution in [0.5, 0.6) is 0 Å². The molecular formula is C5H12N2. The van der Waals surface area contributed by atoms with E-state index in [1.807, 2.05) is 0 Å². The molecular weight excluding hydrogens is 88.1 g/mol. The van der Waals surface area contributed by atoms with Crippen molar-refractivity contribution >= 4 is 6.21 Å². The highest BCUT2D eigenvalue weighted by atomic mass is 15.1. The molecule has 0 aromatic rings. The Morgan fingerprint density at radius 2 is 2.43 bits per heavy atom. The summed E-state index contributed by atoms with van der Waals surface area (Å²) in [4.78, 5) is 0. The summed E-state index contributed by atoms with van der Waals surface area (Å²) in [7, 11) is 0. The number of unbranched alkanes of at least 4 members (excludes halogenated alkanes) is 2. The van der Waals surface area contributed by atoms with Crippen LogP contribution in [0.1, 0.15) is 26.2 Å². The molecule has 0 unspecified atom stereocenters. The zero-order valence-corrected chi connectivity index (χ0v) is 4.72. The number of rotatable bonds is 3. The molecule has 0 aliphatic carbocycles. The van der Waals surface area contributed by atoms with Gasteiger partial charge in [0.25, 0.3) is 0 Å². The van der Waals surface area contributed by atoms with Crippen LogP contribution in [0.2, 0.25) is 0 Å². The summed E-state index contributed by atoms with van der Waals surface area (Å²) in [6.45, 7) is 2.14. The number of nitrogens with two attached hydrogens (primary N) is 1. The van der Waals surface area contributed by atoms with Crippen LogP contribution in [-0.4, -0.2) is 6.21 Å². The molecule has 42 valence electrons. The normalized spacial score (nSPS) is 10.4. The Morgan fingerprint density at radius 1 is 1.71 bits per heavy atom. The van der Waals surface area contributed by atoms with Crippen LogP contribution in [0.15, 0.2) is 5.10 Å². The lowest BCUT2D eigenvalue weighted by atomic mass is 10.3. The number of hydrogen-bond acceptors (Lipinski definition) is 2. The Morgan fingerprint density at radius 3 is 2.86 bits per heavy atom. The van der Waals surface area contributed by atoms with E-state index < -0.39 is 0 Å². The number of hydrogen-bond donors (Lipinski definition) is 1. The highest BCUT2D eigenvalue weighted by Crippen LogP contribution is 1.87.